The van der Waals surface area contributed by atoms with Crippen LogP contribution in [0, 0.1) is 0 Å². The summed E-state index contributed by atoms with van der Waals surface area (Å²) in [7, 11) is 1.57. The monoisotopic (exact) mass is 380 g/mol. The molecule has 6 heteroatoms. The molecule has 1 aliphatic carbocycles. The maximum atomic E-state index is 13.1. The second-order valence-electron chi connectivity index (χ2n) is 6.21. The van der Waals surface area contributed by atoms with Crippen LogP contribution in [0.4, 0.5) is 11.4 Å². The lowest BCUT2D eigenvalue weighted by molar-refractivity contribution is -0.121. The van der Waals surface area contributed by atoms with Crippen molar-refractivity contribution in [1.29, 1.82) is 0 Å². The fraction of sp³-hybridized carbons (Fsp3) is 0.316. The molecule has 25 heavy (non-hydrogen) atoms. The second kappa shape index (κ2) is 7.98. The Balaban J connectivity index is 0.00000225. The van der Waals surface area contributed by atoms with E-state index in [1.807, 2.05) is 24.3 Å². The van der Waals surface area contributed by atoms with E-state index in [9.17, 15) is 4.79 Å². The topological polar surface area (TPSA) is 64.3 Å². The molecule has 1 aliphatic rings. The van der Waals surface area contributed by atoms with E-state index in [4.69, 9.17) is 22.1 Å². The number of nitrogens with two attached hydrogens (primary N) is 1. The fourth-order valence-electron chi connectivity index (χ4n) is 3.46. The number of hydrogen-bond acceptors (Lipinski definition) is 3. The number of anilines is 2. The normalized spacial score (nSPS) is 15.3. The summed E-state index contributed by atoms with van der Waals surface area (Å²) in [5.74, 6) is 0.605. The molecule has 0 heterocycles. The maximum absolute atomic E-state index is 13.1. The summed E-state index contributed by atoms with van der Waals surface area (Å²) in [6, 6.07) is 12.9. The Kier molecular flexibility index (Phi) is 6.20. The third kappa shape index (κ3) is 3.86. The molecular formula is C19H22Cl2N2O2. The molecular weight excluding hydrogens is 359 g/mol. The van der Waals surface area contributed by atoms with Crippen LogP contribution in [0.1, 0.15) is 31.2 Å². The van der Waals surface area contributed by atoms with Crippen LogP contribution in [0.15, 0.2) is 42.5 Å². The van der Waals surface area contributed by atoms with Crippen molar-refractivity contribution in [2.45, 2.75) is 31.1 Å². The zero-order valence-corrected chi connectivity index (χ0v) is 15.6. The van der Waals surface area contributed by atoms with Gasteiger partial charge in [0, 0.05) is 10.7 Å². The van der Waals surface area contributed by atoms with Crippen molar-refractivity contribution in [3.8, 4) is 5.75 Å². The lowest BCUT2D eigenvalue weighted by atomic mass is 9.78. The Morgan fingerprint density at radius 3 is 2.36 bits per heavy atom. The third-order valence-electron chi connectivity index (χ3n) is 4.78. The minimum atomic E-state index is -0.501. The summed E-state index contributed by atoms with van der Waals surface area (Å²) in [6.45, 7) is 0. The minimum absolute atomic E-state index is 0. The largest absolute Gasteiger partial charge is 0.495 e. The molecule has 0 spiro atoms. The van der Waals surface area contributed by atoms with E-state index < -0.39 is 5.41 Å². The lowest BCUT2D eigenvalue weighted by Gasteiger charge is -2.28. The number of ether oxygens (including phenoxy) is 1. The number of halogens is 2. The van der Waals surface area contributed by atoms with Crippen molar-refractivity contribution >= 4 is 41.3 Å². The molecule has 0 atom stereocenters. The first-order chi connectivity index (χ1) is 11.5. The average Bonchev–Trinajstić information content (AvgIpc) is 3.07. The molecule has 4 nitrogen and oxygen atoms in total. The third-order valence-corrected chi connectivity index (χ3v) is 5.03. The van der Waals surface area contributed by atoms with Gasteiger partial charge in [-0.2, -0.15) is 0 Å². The van der Waals surface area contributed by atoms with Crippen LogP contribution >= 0.6 is 24.0 Å². The zero-order chi connectivity index (χ0) is 17.2. The van der Waals surface area contributed by atoms with Crippen molar-refractivity contribution in [1.82, 2.24) is 0 Å². The van der Waals surface area contributed by atoms with Crippen LogP contribution in [0.2, 0.25) is 5.02 Å². The first-order valence-electron chi connectivity index (χ1n) is 8.06. The molecule has 2 aromatic rings. The Bertz CT molecular complexity index is 742. The average molecular weight is 381 g/mol. The molecule has 1 fully saturated rings. The molecule has 1 amide bonds. The second-order valence-corrected chi connectivity index (χ2v) is 6.64. The van der Waals surface area contributed by atoms with Crippen molar-refractivity contribution in [2.75, 3.05) is 18.2 Å². The number of amides is 1. The molecule has 2 aromatic carbocycles. The van der Waals surface area contributed by atoms with Gasteiger partial charge in [0.05, 0.1) is 18.2 Å². The van der Waals surface area contributed by atoms with Gasteiger partial charge in [-0.3, -0.25) is 4.79 Å². The summed E-state index contributed by atoms with van der Waals surface area (Å²) < 4.78 is 5.15. The van der Waals surface area contributed by atoms with E-state index in [2.05, 4.69) is 5.32 Å². The van der Waals surface area contributed by atoms with E-state index in [-0.39, 0.29) is 18.3 Å². The van der Waals surface area contributed by atoms with Crippen molar-refractivity contribution in [3.05, 3.63) is 53.1 Å². The van der Waals surface area contributed by atoms with Crippen molar-refractivity contribution in [2.24, 2.45) is 0 Å². The van der Waals surface area contributed by atoms with E-state index in [0.717, 1.165) is 31.2 Å². The zero-order valence-electron chi connectivity index (χ0n) is 14.0. The highest BCUT2D eigenvalue weighted by atomic mass is 35.5. The number of nitrogen functional groups attached to an aromatic ring is 1. The number of methoxy groups -OCH3 is 1. The van der Waals surface area contributed by atoms with Gasteiger partial charge in [-0.25, -0.2) is 0 Å². The van der Waals surface area contributed by atoms with Crippen LogP contribution < -0.4 is 15.8 Å². The van der Waals surface area contributed by atoms with Crippen LogP contribution in [0.5, 0.6) is 5.75 Å². The number of benzene rings is 2. The van der Waals surface area contributed by atoms with Gasteiger partial charge in [-0.1, -0.05) is 36.6 Å². The predicted octanol–water partition coefficient (Wildman–Crippen LogP) is 4.80. The summed E-state index contributed by atoms with van der Waals surface area (Å²) in [4.78, 5) is 13.1. The molecule has 0 bridgehead atoms. The smallest absolute Gasteiger partial charge is 0.235 e. The van der Waals surface area contributed by atoms with Crippen LogP contribution in [0.25, 0.3) is 0 Å². The highest BCUT2D eigenvalue weighted by Gasteiger charge is 2.42. The van der Waals surface area contributed by atoms with Gasteiger partial charge in [0.1, 0.15) is 5.75 Å². The lowest BCUT2D eigenvalue weighted by Crippen LogP contribution is -2.38. The van der Waals surface area contributed by atoms with Gasteiger partial charge in [0.25, 0.3) is 0 Å². The molecule has 0 radical (unpaired) electrons. The van der Waals surface area contributed by atoms with E-state index >= 15 is 0 Å². The first kappa shape index (κ1) is 19.4. The summed E-state index contributed by atoms with van der Waals surface area (Å²) in [5.41, 5.74) is 7.63. The van der Waals surface area contributed by atoms with Crippen molar-refractivity contribution in [3.63, 3.8) is 0 Å². The summed E-state index contributed by atoms with van der Waals surface area (Å²) in [6.07, 6.45) is 3.76. The molecule has 1 saturated carbocycles. The van der Waals surface area contributed by atoms with Crippen LogP contribution in [-0.2, 0) is 10.2 Å². The minimum Gasteiger partial charge on any atom is -0.495 e. The quantitative estimate of drug-likeness (QED) is 0.748. The molecule has 134 valence electrons. The number of rotatable bonds is 4. The molecule has 0 saturated heterocycles. The molecule has 3 N–H and O–H groups in total. The molecule has 0 aromatic heterocycles. The predicted molar refractivity (Wildman–Crippen MR) is 105 cm³/mol. The fourth-order valence-corrected chi connectivity index (χ4v) is 3.58. The Labute approximate surface area is 159 Å². The highest BCUT2D eigenvalue weighted by Crippen LogP contribution is 2.42. The van der Waals surface area contributed by atoms with Gasteiger partial charge in [-0.05, 0) is 48.7 Å². The Hall–Kier alpha value is -1.91. The number of carbonyl (C=O) groups excluding carboxylic acids is 1. The maximum Gasteiger partial charge on any atom is 0.235 e. The number of hydrogen-bond donors (Lipinski definition) is 2. The van der Waals surface area contributed by atoms with Gasteiger partial charge in [0.15, 0.2) is 0 Å². The first-order valence-corrected chi connectivity index (χ1v) is 8.44. The summed E-state index contributed by atoms with van der Waals surface area (Å²) in [5, 5.41) is 3.70. The summed E-state index contributed by atoms with van der Waals surface area (Å²) >= 11 is 5.99. The van der Waals surface area contributed by atoms with Gasteiger partial charge in [-0.15, -0.1) is 12.4 Å². The molecule has 0 aliphatic heterocycles. The van der Waals surface area contributed by atoms with Crippen LogP contribution in [-0.4, -0.2) is 13.0 Å². The van der Waals surface area contributed by atoms with E-state index in [1.54, 1.807) is 25.3 Å². The number of carbonyl (C=O) groups is 1. The standard InChI is InChI=1S/C19H21ClN2O2.ClH/c1-24-17-9-8-15(12-16(17)21)22-18(23)19(10-2-3-11-19)13-4-6-14(20)7-5-13;/h4-9,12H,2-3,10-11,21H2,1H3,(H,22,23);1H. The Morgan fingerprint density at radius 2 is 1.80 bits per heavy atom. The van der Waals surface area contributed by atoms with Crippen molar-refractivity contribution < 1.29 is 9.53 Å². The van der Waals surface area contributed by atoms with E-state index in [1.165, 1.54) is 0 Å². The van der Waals surface area contributed by atoms with Gasteiger partial charge in [0.2, 0.25) is 5.91 Å². The molecule has 0 unspecified atom stereocenters. The van der Waals surface area contributed by atoms with Crippen LogP contribution in [0.3, 0.4) is 0 Å². The van der Waals surface area contributed by atoms with Gasteiger partial charge >= 0.3 is 0 Å². The van der Waals surface area contributed by atoms with Gasteiger partial charge < -0.3 is 15.8 Å². The molecule has 3 rings (SSSR count). The number of nitrogens with one attached hydrogen (secondary N) is 1. The SMILES string of the molecule is COc1ccc(NC(=O)C2(c3ccc(Cl)cc3)CCCC2)cc1N.Cl. The van der Waals surface area contributed by atoms with E-state index in [0.29, 0.717) is 22.1 Å². The highest BCUT2D eigenvalue weighted by molar-refractivity contribution is 6.30. The Morgan fingerprint density at radius 1 is 1.16 bits per heavy atom.